The molecule has 1 aromatic heterocycles. The van der Waals surface area contributed by atoms with E-state index in [2.05, 4.69) is 47.8 Å². The molecule has 0 aliphatic carbocycles. The van der Waals surface area contributed by atoms with E-state index in [-0.39, 0.29) is 4.90 Å². The summed E-state index contributed by atoms with van der Waals surface area (Å²) >= 11 is 0. The van der Waals surface area contributed by atoms with Gasteiger partial charge in [0.1, 0.15) is 5.82 Å². The van der Waals surface area contributed by atoms with Crippen LogP contribution in [0.15, 0.2) is 65.6 Å². The molecule has 3 rings (SSSR count). The molecule has 0 radical (unpaired) electrons. The highest BCUT2D eigenvalue weighted by atomic mass is 32.2. The van der Waals surface area contributed by atoms with Crippen molar-refractivity contribution in [1.29, 1.82) is 0 Å². The summed E-state index contributed by atoms with van der Waals surface area (Å²) in [6, 6.07) is 18.9. The minimum absolute atomic E-state index is 0.230. The summed E-state index contributed by atoms with van der Waals surface area (Å²) in [5, 5.41) is 0. The van der Waals surface area contributed by atoms with Gasteiger partial charge in [0.2, 0.25) is 0 Å². The van der Waals surface area contributed by atoms with Gasteiger partial charge in [0.25, 0.3) is 10.0 Å². The molecule has 0 amide bonds. The van der Waals surface area contributed by atoms with Crippen molar-refractivity contribution in [2.75, 3.05) is 4.72 Å². The Morgan fingerprint density at radius 1 is 0.964 bits per heavy atom. The molecule has 28 heavy (non-hydrogen) atoms. The molecule has 0 saturated heterocycles. The Kier molecular flexibility index (Phi) is 5.84. The van der Waals surface area contributed by atoms with Crippen molar-refractivity contribution in [2.24, 2.45) is 5.92 Å². The third-order valence-electron chi connectivity index (χ3n) is 4.54. The highest BCUT2D eigenvalue weighted by Gasteiger charge is 2.16. The predicted octanol–water partition coefficient (Wildman–Crippen LogP) is 5.36. The second-order valence-electron chi connectivity index (χ2n) is 7.54. The number of nitrogens with one attached hydrogen (secondary N) is 1. The van der Waals surface area contributed by atoms with Crippen LogP contribution in [0.4, 0.5) is 5.82 Å². The first-order valence-electron chi connectivity index (χ1n) is 9.41. The van der Waals surface area contributed by atoms with Crippen molar-refractivity contribution in [3.05, 3.63) is 77.5 Å². The summed E-state index contributed by atoms with van der Waals surface area (Å²) < 4.78 is 28.0. The first-order chi connectivity index (χ1) is 13.2. The number of anilines is 1. The van der Waals surface area contributed by atoms with E-state index in [1.54, 1.807) is 24.3 Å². The van der Waals surface area contributed by atoms with Gasteiger partial charge in [-0.3, -0.25) is 4.72 Å². The zero-order valence-corrected chi connectivity index (χ0v) is 17.5. The van der Waals surface area contributed by atoms with Crippen LogP contribution in [0, 0.1) is 19.8 Å². The number of aromatic nitrogens is 1. The Morgan fingerprint density at radius 3 is 2.29 bits per heavy atom. The highest BCUT2D eigenvalue weighted by Crippen LogP contribution is 2.27. The van der Waals surface area contributed by atoms with Crippen molar-refractivity contribution >= 4 is 15.8 Å². The lowest BCUT2D eigenvalue weighted by molar-refractivity contribution is 0.601. The molecule has 4 nitrogen and oxygen atoms in total. The molecule has 0 atom stereocenters. The lowest BCUT2D eigenvalue weighted by Gasteiger charge is -2.12. The minimum atomic E-state index is -3.68. The van der Waals surface area contributed by atoms with Gasteiger partial charge in [-0.2, -0.15) is 0 Å². The molecule has 1 heterocycles. The lowest BCUT2D eigenvalue weighted by Crippen LogP contribution is -2.14. The number of benzene rings is 2. The van der Waals surface area contributed by atoms with Crippen molar-refractivity contribution in [3.63, 3.8) is 0 Å². The molecule has 146 valence electrons. The van der Waals surface area contributed by atoms with Gasteiger partial charge in [-0.25, -0.2) is 13.4 Å². The molecule has 1 N–H and O–H groups in total. The van der Waals surface area contributed by atoms with E-state index in [4.69, 9.17) is 0 Å². The van der Waals surface area contributed by atoms with E-state index in [9.17, 15) is 8.42 Å². The first kappa shape index (κ1) is 20.1. The molecule has 0 aliphatic heterocycles. The van der Waals surface area contributed by atoms with Crippen LogP contribution in [-0.4, -0.2) is 13.4 Å². The molecule has 0 spiro atoms. The van der Waals surface area contributed by atoms with Crippen LogP contribution in [0.25, 0.3) is 11.1 Å². The summed E-state index contributed by atoms with van der Waals surface area (Å²) in [5.41, 5.74) is 5.10. The van der Waals surface area contributed by atoms with Crippen molar-refractivity contribution < 1.29 is 8.42 Å². The van der Waals surface area contributed by atoms with Crippen LogP contribution in [-0.2, 0) is 16.4 Å². The minimum Gasteiger partial charge on any atom is -0.263 e. The van der Waals surface area contributed by atoms with Gasteiger partial charge in [-0.15, -0.1) is 0 Å². The topological polar surface area (TPSA) is 59.1 Å². The van der Waals surface area contributed by atoms with Crippen LogP contribution in [0.1, 0.15) is 30.7 Å². The molecule has 0 unspecified atom stereocenters. The highest BCUT2D eigenvalue weighted by molar-refractivity contribution is 7.92. The number of aryl methyl sites for hydroxylation is 2. The molecule has 3 aromatic rings. The molecule has 0 saturated carbocycles. The van der Waals surface area contributed by atoms with E-state index in [1.807, 2.05) is 26.0 Å². The largest absolute Gasteiger partial charge is 0.263 e. The van der Waals surface area contributed by atoms with Gasteiger partial charge < -0.3 is 0 Å². The van der Waals surface area contributed by atoms with Crippen LogP contribution < -0.4 is 4.72 Å². The molecule has 0 fully saturated rings. The lowest BCUT2D eigenvalue weighted by atomic mass is 9.97. The Labute approximate surface area is 167 Å². The number of hydrogen-bond acceptors (Lipinski definition) is 3. The number of sulfonamides is 1. The van der Waals surface area contributed by atoms with Crippen LogP contribution >= 0.6 is 0 Å². The van der Waals surface area contributed by atoms with Gasteiger partial charge in [0.05, 0.1) is 4.90 Å². The van der Waals surface area contributed by atoms with E-state index in [0.29, 0.717) is 11.7 Å². The Bertz CT molecular complexity index is 1070. The van der Waals surface area contributed by atoms with E-state index < -0.39 is 10.0 Å². The summed E-state index contributed by atoms with van der Waals surface area (Å²) in [7, 11) is -3.68. The Balaban J connectivity index is 1.85. The van der Waals surface area contributed by atoms with Gasteiger partial charge in [-0.1, -0.05) is 50.2 Å². The van der Waals surface area contributed by atoms with Crippen LogP contribution in [0.5, 0.6) is 0 Å². The SMILES string of the molecule is Cc1cccc(NS(=O)(=O)c2ccc(-c3ccc(CC(C)C)cc3)c(C)c2)n1. The van der Waals surface area contributed by atoms with E-state index in [0.717, 1.165) is 28.8 Å². The summed E-state index contributed by atoms with van der Waals surface area (Å²) in [5.74, 6) is 0.940. The fraction of sp³-hybridized carbons (Fsp3) is 0.261. The molecule has 2 aromatic carbocycles. The summed E-state index contributed by atoms with van der Waals surface area (Å²) in [6.45, 7) is 8.17. The molecule has 0 bridgehead atoms. The summed E-state index contributed by atoms with van der Waals surface area (Å²) in [6.07, 6.45) is 1.05. The molecular weight excluding hydrogens is 368 g/mol. The maximum Gasteiger partial charge on any atom is 0.263 e. The van der Waals surface area contributed by atoms with E-state index in [1.165, 1.54) is 5.56 Å². The fourth-order valence-electron chi connectivity index (χ4n) is 3.22. The fourth-order valence-corrected chi connectivity index (χ4v) is 4.30. The number of hydrogen-bond donors (Lipinski definition) is 1. The standard InChI is InChI=1S/C23H26N2O2S/c1-16(2)14-19-8-10-20(11-9-19)22-13-12-21(15-17(22)3)28(26,27)25-23-7-5-6-18(4)24-23/h5-13,15-16H,14H2,1-4H3,(H,24,25). The third-order valence-corrected chi connectivity index (χ3v) is 5.90. The van der Waals surface area contributed by atoms with Crippen molar-refractivity contribution in [3.8, 4) is 11.1 Å². The second-order valence-corrected chi connectivity index (χ2v) is 9.22. The maximum absolute atomic E-state index is 12.7. The predicted molar refractivity (Wildman–Crippen MR) is 115 cm³/mol. The van der Waals surface area contributed by atoms with Crippen LogP contribution in [0.3, 0.4) is 0 Å². The maximum atomic E-state index is 12.7. The molecular formula is C23H26N2O2S. The van der Waals surface area contributed by atoms with Gasteiger partial charge in [0, 0.05) is 5.69 Å². The van der Waals surface area contributed by atoms with Gasteiger partial charge in [0.15, 0.2) is 0 Å². The second kappa shape index (κ2) is 8.15. The first-order valence-corrected chi connectivity index (χ1v) is 10.9. The Morgan fingerprint density at radius 2 is 1.68 bits per heavy atom. The average molecular weight is 395 g/mol. The van der Waals surface area contributed by atoms with Crippen LogP contribution in [0.2, 0.25) is 0 Å². The van der Waals surface area contributed by atoms with Crippen molar-refractivity contribution in [2.45, 2.75) is 39.0 Å². The third kappa shape index (κ3) is 4.78. The Hall–Kier alpha value is -2.66. The number of rotatable bonds is 6. The normalized spacial score (nSPS) is 11.6. The zero-order valence-electron chi connectivity index (χ0n) is 16.7. The van der Waals surface area contributed by atoms with Crippen molar-refractivity contribution in [1.82, 2.24) is 4.98 Å². The molecule has 0 aliphatic rings. The summed E-state index contributed by atoms with van der Waals surface area (Å²) in [4.78, 5) is 4.44. The number of pyridine rings is 1. The van der Waals surface area contributed by atoms with E-state index >= 15 is 0 Å². The monoisotopic (exact) mass is 394 g/mol. The smallest absolute Gasteiger partial charge is 0.263 e. The quantitative estimate of drug-likeness (QED) is 0.612. The zero-order chi connectivity index (χ0) is 20.3. The number of nitrogens with zero attached hydrogens (tertiary/aromatic N) is 1. The van der Waals surface area contributed by atoms with Gasteiger partial charge in [-0.05, 0) is 72.7 Å². The van der Waals surface area contributed by atoms with Gasteiger partial charge >= 0.3 is 0 Å². The average Bonchev–Trinajstić information content (AvgIpc) is 2.61. The molecule has 5 heteroatoms.